The third-order valence-corrected chi connectivity index (χ3v) is 3.26. The van der Waals surface area contributed by atoms with Gasteiger partial charge >= 0.3 is 0 Å². The van der Waals surface area contributed by atoms with Crippen molar-refractivity contribution in [1.29, 1.82) is 0 Å². The highest BCUT2D eigenvalue weighted by molar-refractivity contribution is 6.17. The molecule has 1 aromatic heterocycles. The Balaban J connectivity index is 2.65. The molecule has 3 heteroatoms. The lowest BCUT2D eigenvalue weighted by Crippen LogP contribution is -2.22. The fourth-order valence-electron chi connectivity index (χ4n) is 2.10. The van der Waals surface area contributed by atoms with Crippen molar-refractivity contribution in [1.82, 2.24) is 4.98 Å². The van der Waals surface area contributed by atoms with E-state index < -0.39 is 0 Å². The summed E-state index contributed by atoms with van der Waals surface area (Å²) in [5.41, 5.74) is 3.19. The van der Waals surface area contributed by atoms with Crippen LogP contribution < -0.4 is 4.90 Å². The molecule has 1 heterocycles. The van der Waals surface area contributed by atoms with Crippen molar-refractivity contribution in [3.05, 3.63) is 36.0 Å². The van der Waals surface area contributed by atoms with Crippen molar-refractivity contribution in [3.8, 4) is 0 Å². The number of hydrogen-bond donors (Lipinski definition) is 0. The van der Waals surface area contributed by atoms with Crippen LogP contribution in [0.1, 0.15) is 19.5 Å². The monoisotopic (exact) mass is 248 g/mol. The maximum Gasteiger partial charge on any atom is 0.0726 e. The molecule has 0 unspecified atom stereocenters. The van der Waals surface area contributed by atoms with Gasteiger partial charge in [0.25, 0.3) is 0 Å². The molecule has 0 bridgehead atoms. The largest absolute Gasteiger partial charge is 0.371 e. The van der Waals surface area contributed by atoms with Gasteiger partial charge in [0.1, 0.15) is 0 Å². The van der Waals surface area contributed by atoms with E-state index in [1.54, 1.807) is 0 Å². The number of benzene rings is 1. The maximum absolute atomic E-state index is 5.91. The van der Waals surface area contributed by atoms with Gasteiger partial charge in [-0.15, -0.1) is 11.6 Å². The minimum Gasteiger partial charge on any atom is -0.371 e. The van der Waals surface area contributed by atoms with Gasteiger partial charge < -0.3 is 4.90 Å². The first-order valence-corrected chi connectivity index (χ1v) is 6.53. The van der Waals surface area contributed by atoms with Crippen molar-refractivity contribution >= 4 is 28.2 Å². The minimum atomic E-state index is 0.457. The molecular formula is C14H17ClN2. The summed E-state index contributed by atoms with van der Waals surface area (Å²) in [6.45, 7) is 6.32. The van der Waals surface area contributed by atoms with E-state index in [0.717, 1.165) is 24.3 Å². The first-order valence-electron chi connectivity index (χ1n) is 5.99. The van der Waals surface area contributed by atoms with Gasteiger partial charge in [0, 0.05) is 24.2 Å². The second-order valence-electron chi connectivity index (χ2n) is 3.96. The SMILES string of the molecule is CCN(CC)c1cc(CCl)nc2ccccc12. The van der Waals surface area contributed by atoms with E-state index in [-0.39, 0.29) is 0 Å². The van der Waals surface area contributed by atoms with E-state index in [2.05, 4.69) is 41.9 Å². The van der Waals surface area contributed by atoms with Crippen molar-refractivity contribution in [2.75, 3.05) is 18.0 Å². The van der Waals surface area contributed by atoms with Gasteiger partial charge in [-0.05, 0) is 26.0 Å². The number of aromatic nitrogens is 1. The number of para-hydroxylation sites is 1. The Labute approximate surface area is 107 Å². The Bertz CT molecular complexity index is 507. The fourth-order valence-corrected chi connectivity index (χ4v) is 2.24. The average Bonchev–Trinajstić information content (AvgIpc) is 2.39. The van der Waals surface area contributed by atoms with Gasteiger partial charge in [-0.25, -0.2) is 0 Å². The van der Waals surface area contributed by atoms with E-state index in [9.17, 15) is 0 Å². The summed E-state index contributed by atoms with van der Waals surface area (Å²) < 4.78 is 0. The van der Waals surface area contributed by atoms with Crippen LogP contribution in [0.5, 0.6) is 0 Å². The van der Waals surface area contributed by atoms with Crippen LogP contribution in [0.3, 0.4) is 0 Å². The number of halogens is 1. The number of fused-ring (bicyclic) bond motifs is 1. The van der Waals surface area contributed by atoms with Gasteiger partial charge in [0.15, 0.2) is 0 Å². The third-order valence-electron chi connectivity index (χ3n) is 2.99. The molecule has 0 aliphatic carbocycles. The van der Waals surface area contributed by atoms with E-state index in [0.29, 0.717) is 5.88 Å². The summed E-state index contributed by atoms with van der Waals surface area (Å²) in [6.07, 6.45) is 0. The normalized spacial score (nSPS) is 10.8. The molecule has 0 N–H and O–H groups in total. The van der Waals surface area contributed by atoms with Crippen LogP contribution in [-0.2, 0) is 5.88 Å². The molecule has 2 aromatic rings. The van der Waals surface area contributed by atoms with Gasteiger partial charge in [-0.1, -0.05) is 18.2 Å². The Morgan fingerprint density at radius 1 is 1.18 bits per heavy atom. The second-order valence-corrected chi connectivity index (χ2v) is 4.22. The second kappa shape index (κ2) is 5.37. The molecule has 0 saturated carbocycles. The molecule has 0 saturated heterocycles. The zero-order valence-electron chi connectivity index (χ0n) is 10.3. The summed E-state index contributed by atoms with van der Waals surface area (Å²) in [5.74, 6) is 0.457. The summed E-state index contributed by atoms with van der Waals surface area (Å²) in [6, 6.07) is 10.3. The van der Waals surface area contributed by atoms with E-state index in [1.807, 2.05) is 12.1 Å². The highest BCUT2D eigenvalue weighted by atomic mass is 35.5. The third kappa shape index (κ3) is 2.37. The van der Waals surface area contributed by atoms with Crippen molar-refractivity contribution in [2.24, 2.45) is 0 Å². The smallest absolute Gasteiger partial charge is 0.0726 e. The van der Waals surface area contributed by atoms with Crippen molar-refractivity contribution in [2.45, 2.75) is 19.7 Å². The molecule has 2 nitrogen and oxygen atoms in total. The standard InChI is InChI=1S/C14H17ClN2/c1-3-17(4-2)14-9-11(10-15)16-13-8-6-5-7-12(13)14/h5-9H,3-4,10H2,1-2H3. The van der Waals surface area contributed by atoms with E-state index >= 15 is 0 Å². The average molecular weight is 249 g/mol. The van der Waals surface area contributed by atoms with Crippen LogP contribution in [0, 0.1) is 0 Å². The maximum atomic E-state index is 5.91. The van der Waals surface area contributed by atoms with E-state index in [1.165, 1.54) is 11.1 Å². The van der Waals surface area contributed by atoms with Gasteiger partial charge in [0.05, 0.1) is 17.1 Å². The van der Waals surface area contributed by atoms with Gasteiger partial charge in [-0.2, -0.15) is 0 Å². The molecule has 0 radical (unpaired) electrons. The topological polar surface area (TPSA) is 16.1 Å². The number of pyridine rings is 1. The first-order chi connectivity index (χ1) is 8.30. The number of hydrogen-bond acceptors (Lipinski definition) is 2. The zero-order chi connectivity index (χ0) is 12.3. The number of rotatable bonds is 4. The molecule has 0 amide bonds. The van der Waals surface area contributed by atoms with Crippen molar-refractivity contribution < 1.29 is 0 Å². The molecule has 17 heavy (non-hydrogen) atoms. The summed E-state index contributed by atoms with van der Waals surface area (Å²) in [4.78, 5) is 6.88. The van der Waals surface area contributed by atoms with Crippen molar-refractivity contribution in [3.63, 3.8) is 0 Å². The quantitative estimate of drug-likeness (QED) is 0.765. The van der Waals surface area contributed by atoms with Crippen LogP contribution >= 0.6 is 11.6 Å². The molecule has 0 aliphatic heterocycles. The van der Waals surface area contributed by atoms with Crippen LogP contribution in [0.15, 0.2) is 30.3 Å². The highest BCUT2D eigenvalue weighted by Crippen LogP contribution is 2.27. The number of anilines is 1. The Hall–Kier alpha value is -1.28. The van der Waals surface area contributed by atoms with Crippen LogP contribution in [0.4, 0.5) is 5.69 Å². The predicted octanol–water partition coefficient (Wildman–Crippen LogP) is 3.82. The fraction of sp³-hybridized carbons (Fsp3) is 0.357. The predicted molar refractivity (Wildman–Crippen MR) is 74.9 cm³/mol. The lowest BCUT2D eigenvalue weighted by molar-refractivity contribution is 0.868. The Morgan fingerprint density at radius 3 is 2.53 bits per heavy atom. The lowest BCUT2D eigenvalue weighted by Gasteiger charge is -2.23. The molecule has 1 aromatic carbocycles. The van der Waals surface area contributed by atoms with Gasteiger partial charge in [-0.3, -0.25) is 4.98 Å². The highest BCUT2D eigenvalue weighted by Gasteiger charge is 2.09. The minimum absolute atomic E-state index is 0.457. The molecule has 0 spiro atoms. The summed E-state index contributed by atoms with van der Waals surface area (Å²) in [7, 11) is 0. The molecule has 2 rings (SSSR count). The molecule has 0 atom stereocenters. The summed E-state index contributed by atoms with van der Waals surface area (Å²) in [5, 5.41) is 1.20. The molecule has 0 fully saturated rings. The van der Waals surface area contributed by atoms with Gasteiger partial charge in [0.2, 0.25) is 0 Å². The molecule has 90 valence electrons. The van der Waals surface area contributed by atoms with E-state index in [4.69, 9.17) is 11.6 Å². The number of nitrogens with zero attached hydrogens (tertiary/aromatic N) is 2. The number of alkyl halides is 1. The molecular weight excluding hydrogens is 232 g/mol. The first kappa shape index (κ1) is 12.2. The Kier molecular flexibility index (Phi) is 3.85. The zero-order valence-corrected chi connectivity index (χ0v) is 11.0. The lowest BCUT2D eigenvalue weighted by atomic mass is 10.1. The van der Waals surface area contributed by atoms with Crippen LogP contribution in [0.2, 0.25) is 0 Å². The van der Waals surface area contributed by atoms with Crippen LogP contribution in [0.25, 0.3) is 10.9 Å². The van der Waals surface area contributed by atoms with Crippen LogP contribution in [-0.4, -0.2) is 18.1 Å². The Morgan fingerprint density at radius 2 is 1.88 bits per heavy atom. The molecule has 0 aliphatic rings. The summed E-state index contributed by atoms with van der Waals surface area (Å²) >= 11 is 5.91.